The molecule has 3 rings (SSSR count). The molecule has 0 spiro atoms. The molecule has 0 aromatic heterocycles. The van der Waals surface area contributed by atoms with Crippen LogP contribution in [0.25, 0.3) is 0 Å². The fourth-order valence-electron chi connectivity index (χ4n) is 3.18. The lowest BCUT2D eigenvalue weighted by Crippen LogP contribution is -2.39. The number of rotatable bonds is 4. The Hall–Kier alpha value is -2.57. The Kier molecular flexibility index (Phi) is 6.77. The maximum atomic E-state index is 13.2. The average molecular weight is 429 g/mol. The van der Waals surface area contributed by atoms with Crippen molar-refractivity contribution in [3.63, 3.8) is 0 Å². The molecule has 0 radical (unpaired) electrons. The number of esters is 1. The summed E-state index contributed by atoms with van der Waals surface area (Å²) in [6.45, 7) is 3.70. The summed E-state index contributed by atoms with van der Waals surface area (Å²) in [5.74, 6) is -0.764. The van der Waals surface area contributed by atoms with Gasteiger partial charge in [0, 0.05) is 21.8 Å². The molecule has 2 aromatic rings. The van der Waals surface area contributed by atoms with Gasteiger partial charge in [0.05, 0.1) is 12.2 Å². The Morgan fingerprint density at radius 2 is 1.79 bits per heavy atom. The average Bonchev–Trinajstić information content (AvgIpc) is 2.73. The molecular weight excluding hydrogens is 408 g/mol. The number of ether oxygens (including phenoxy) is 1. The van der Waals surface area contributed by atoms with Gasteiger partial charge in [-0.15, -0.1) is 0 Å². The van der Waals surface area contributed by atoms with E-state index in [0.29, 0.717) is 32.6 Å². The number of hydrogen-bond acceptors (Lipinski definition) is 5. The first-order valence-corrected chi connectivity index (χ1v) is 10.7. The second-order valence-electron chi connectivity index (χ2n) is 6.27. The molecule has 5 nitrogen and oxygen atoms in total. The second kappa shape index (κ2) is 9.29. The van der Waals surface area contributed by atoms with E-state index in [9.17, 15) is 9.59 Å². The molecule has 29 heavy (non-hydrogen) atoms. The fraction of sp³-hybridized carbons (Fsp3) is 0.227. The quantitative estimate of drug-likeness (QED) is 0.636. The van der Waals surface area contributed by atoms with Crippen LogP contribution in [0.5, 0.6) is 0 Å². The van der Waals surface area contributed by atoms with Crippen LogP contribution in [0.2, 0.25) is 5.02 Å². The third-order valence-electron chi connectivity index (χ3n) is 4.53. The zero-order valence-electron chi connectivity index (χ0n) is 16.4. The molecule has 1 heterocycles. The smallest absolute Gasteiger partial charge is 0.338 e. The van der Waals surface area contributed by atoms with Crippen LogP contribution in [0.15, 0.2) is 70.9 Å². The Morgan fingerprint density at radius 1 is 1.14 bits per heavy atom. The number of benzene rings is 2. The summed E-state index contributed by atoms with van der Waals surface area (Å²) in [4.78, 5) is 32.3. The van der Waals surface area contributed by atoms with Crippen molar-refractivity contribution >= 4 is 40.4 Å². The van der Waals surface area contributed by atoms with Crippen LogP contribution in [0.3, 0.4) is 0 Å². The van der Waals surface area contributed by atoms with Crippen molar-refractivity contribution in [2.75, 3.05) is 12.9 Å². The third-order valence-corrected chi connectivity index (χ3v) is 5.53. The molecule has 0 bridgehead atoms. The first-order chi connectivity index (χ1) is 14.0. The van der Waals surface area contributed by atoms with E-state index >= 15 is 0 Å². The lowest BCUT2D eigenvalue weighted by atomic mass is 9.95. The molecule has 2 aromatic carbocycles. The molecule has 1 amide bonds. The third kappa shape index (κ3) is 4.23. The molecule has 1 aliphatic rings. The number of amides is 1. The summed E-state index contributed by atoms with van der Waals surface area (Å²) in [6, 6.07) is 15.5. The van der Waals surface area contributed by atoms with Gasteiger partial charge in [0.25, 0.3) is 5.91 Å². The van der Waals surface area contributed by atoms with Crippen molar-refractivity contribution in [2.24, 2.45) is 4.99 Å². The number of amidine groups is 1. The normalized spacial score (nSPS) is 16.5. The summed E-state index contributed by atoms with van der Waals surface area (Å²) in [5, 5.41) is 0.994. The standard InChI is InChI=1S/C22H21ClN2O3S/c1-4-28-21(27)18-14(2)25(20(26)15-10-6-5-7-11-15)22(29-3)24-19(18)16-12-8-9-13-17(16)23/h5-13,19H,4H2,1-3H3/t19-/m0/s1. The van der Waals surface area contributed by atoms with Gasteiger partial charge in [0.15, 0.2) is 5.17 Å². The topological polar surface area (TPSA) is 59.0 Å². The molecule has 0 unspecified atom stereocenters. The van der Waals surface area contributed by atoms with Crippen molar-refractivity contribution < 1.29 is 14.3 Å². The van der Waals surface area contributed by atoms with Gasteiger partial charge in [0.2, 0.25) is 0 Å². The van der Waals surface area contributed by atoms with Crippen molar-refractivity contribution in [3.8, 4) is 0 Å². The predicted molar refractivity (Wildman–Crippen MR) is 117 cm³/mol. The highest BCUT2D eigenvalue weighted by atomic mass is 35.5. The van der Waals surface area contributed by atoms with Crippen molar-refractivity contribution in [1.82, 2.24) is 4.90 Å². The SMILES string of the molecule is CCOC(=O)C1=C(C)N(C(=O)c2ccccc2)C(SC)=N[C@H]1c1ccccc1Cl. The Labute approximate surface area is 179 Å². The van der Waals surface area contributed by atoms with Gasteiger partial charge in [-0.05, 0) is 38.3 Å². The van der Waals surface area contributed by atoms with Crippen LogP contribution in [-0.2, 0) is 9.53 Å². The molecule has 0 aliphatic carbocycles. The molecule has 0 fully saturated rings. The van der Waals surface area contributed by atoms with Gasteiger partial charge < -0.3 is 4.74 Å². The van der Waals surface area contributed by atoms with E-state index in [-0.39, 0.29) is 12.5 Å². The van der Waals surface area contributed by atoms with Crippen molar-refractivity contribution in [3.05, 3.63) is 82.0 Å². The minimum atomic E-state index is -0.648. The highest BCUT2D eigenvalue weighted by Crippen LogP contribution is 2.39. The van der Waals surface area contributed by atoms with E-state index in [4.69, 9.17) is 21.3 Å². The van der Waals surface area contributed by atoms with Crippen molar-refractivity contribution in [1.29, 1.82) is 0 Å². The lowest BCUT2D eigenvalue weighted by molar-refractivity contribution is -0.139. The summed E-state index contributed by atoms with van der Waals surface area (Å²) in [5.41, 5.74) is 1.99. The predicted octanol–water partition coefficient (Wildman–Crippen LogP) is 5.09. The van der Waals surface area contributed by atoms with E-state index in [0.717, 1.165) is 0 Å². The maximum Gasteiger partial charge on any atom is 0.338 e. The largest absolute Gasteiger partial charge is 0.463 e. The second-order valence-corrected chi connectivity index (χ2v) is 7.45. The zero-order valence-corrected chi connectivity index (χ0v) is 18.0. The number of carbonyl (C=O) groups excluding carboxylic acids is 2. The van der Waals surface area contributed by atoms with Crippen LogP contribution in [0.4, 0.5) is 0 Å². The van der Waals surface area contributed by atoms with Crippen LogP contribution in [-0.4, -0.2) is 34.8 Å². The van der Waals surface area contributed by atoms with E-state index in [1.54, 1.807) is 44.2 Å². The number of thioether (sulfide) groups is 1. The molecule has 7 heteroatoms. The Morgan fingerprint density at radius 3 is 2.41 bits per heavy atom. The molecule has 0 saturated heterocycles. The number of allylic oxidation sites excluding steroid dienone is 1. The van der Waals surface area contributed by atoms with Gasteiger partial charge in [-0.3, -0.25) is 9.69 Å². The monoisotopic (exact) mass is 428 g/mol. The highest BCUT2D eigenvalue weighted by Gasteiger charge is 2.37. The Bertz CT molecular complexity index is 989. The fourth-order valence-corrected chi connectivity index (χ4v) is 4.03. The first kappa shape index (κ1) is 21.1. The van der Waals surface area contributed by atoms with Gasteiger partial charge in [-0.1, -0.05) is 59.8 Å². The number of nitrogens with zero attached hydrogens (tertiary/aromatic N) is 2. The first-order valence-electron chi connectivity index (χ1n) is 9.13. The molecule has 1 aliphatic heterocycles. The highest BCUT2D eigenvalue weighted by molar-refractivity contribution is 8.13. The number of hydrogen-bond donors (Lipinski definition) is 0. The van der Waals surface area contributed by atoms with E-state index in [1.165, 1.54) is 16.7 Å². The van der Waals surface area contributed by atoms with Crippen LogP contribution < -0.4 is 0 Å². The molecule has 150 valence electrons. The number of aliphatic imine (C=N–C) groups is 1. The molecular formula is C22H21ClN2O3S. The van der Waals surface area contributed by atoms with Crippen LogP contribution in [0, 0.1) is 0 Å². The van der Waals surface area contributed by atoms with E-state index in [1.807, 2.05) is 30.5 Å². The van der Waals surface area contributed by atoms with Crippen LogP contribution >= 0.6 is 23.4 Å². The minimum absolute atomic E-state index is 0.219. The number of halogens is 1. The lowest BCUT2D eigenvalue weighted by Gasteiger charge is -2.33. The summed E-state index contributed by atoms with van der Waals surface area (Å²) < 4.78 is 5.29. The van der Waals surface area contributed by atoms with Gasteiger partial charge in [0.1, 0.15) is 6.04 Å². The van der Waals surface area contributed by atoms with Gasteiger partial charge in [-0.25, -0.2) is 9.79 Å². The molecule has 1 atom stereocenters. The molecule has 0 N–H and O–H groups in total. The van der Waals surface area contributed by atoms with Crippen molar-refractivity contribution in [2.45, 2.75) is 19.9 Å². The summed E-state index contributed by atoms with van der Waals surface area (Å²) >= 11 is 7.74. The zero-order chi connectivity index (χ0) is 21.0. The van der Waals surface area contributed by atoms with Gasteiger partial charge >= 0.3 is 5.97 Å². The van der Waals surface area contributed by atoms with Crippen LogP contribution in [0.1, 0.15) is 35.8 Å². The molecule has 0 saturated carbocycles. The van der Waals surface area contributed by atoms with E-state index in [2.05, 4.69) is 0 Å². The van der Waals surface area contributed by atoms with Gasteiger partial charge in [-0.2, -0.15) is 0 Å². The maximum absolute atomic E-state index is 13.2. The summed E-state index contributed by atoms with van der Waals surface area (Å²) in [7, 11) is 0. The minimum Gasteiger partial charge on any atom is -0.463 e. The summed E-state index contributed by atoms with van der Waals surface area (Å²) in [6.07, 6.45) is 1.84. The Balaban J connectivity index is 2.17. The van der Waals surface area contributed by atoms with E-state index < -0.39 is 12.0 Å². The number of carbonyl (C=O) groups is 2.